The lowest BCUT2D eigenvalue weighted by Gasteiger charge is -2.28. The van der Waals surface area contributed by atoms with Crippen LogP contribution in [0, 0.1) is 5.41 Å². The summed E-state index contributed by atoms with van der Waals surface area (Å²) in [6, 6.07) is 1.89. The van der Waals surface area contributed by atoms with Gasteiger partial charge in [0.15, 0.2) is 17.2 Å². The van der Waals surface area contributed by atoms with E-state index in [4.69, 9.17) is 0 Å². The molecule has 2 aromatic rings. The second-order valence-electron chi connectivity index (χ2n) is 7.57. The highest BCUT2D eigenvalue weighted by molar-refractivity contribution is 5.91. The average Bonchev–Trinajstić information content (AvgIpc) is 2.80. The molecule has 0 saturated heterocycles. The zero-order chi connectivity index (χ0) is 20.9. The van der Waals surface area contributed by atoms with E-state index in [-0.39, 0.29) is 23.1 Å². The molecule has 154 valence electrons. The van der Waals surface area contributed by atoms with Gasteiger partial charge in [0.1, 0.15) is 0 Å². The summed E-state index contributed by atoms with van der Waals surface area (Å²) in [6.07, 6.45) is -7.88. The van der Waals surface area contributed by atoms with Gasteiger partial charge in [-0.3, -0.25) is 4.79 Å². The van der Waals surface area contributed by atoms with E-state index < -0.39 is 35.8 Å². The van der Waals surface area contributed by atoms with Crippen LogP contribution in [0.25, 0.3) is 5.65 Å². The lowest BCUT2D eigenvalue weighted by Crippen LogP contribution is -2.36. The molecule has 1 aliphatic carbocycles. The van der Waals surface area contributed by atoms with Crippen molar-refractivity contribution in [1.82, 2.24) is 14.6 Å². The van der Waals surface area contributed by atoms with Crippen molar-refractivity contribution < 1.29 is 31.1 Å². The summed E-state index contributed by atoms with van der Waals surface area (Å²) in [5.41, 5.74) is -3.01. The number of aromatic nitrogens is 3. The van der Waals surface area contributed by atoms with Crippen LogP contribution in [0.15, 0.2) is 12.1 Å². The first kappa shape index (κ1) is 20.4. The average molecular weight is 408 g/mol. The topological polar surface area (TPSA) is 59.3 Å². The van der Waals surface area contributed by atoms with Gasteiger partial charge >= 0.3 is 12.4 Å². The van der Waals surface area contributed by atoms with Crippen molar-refractivity contribution in [2.45, 2.75) is 57.8 Å². The molecule has 2 aromatic heterocycles. The summed E-state index contributed by atoms with van der Waals surface area (Å²) in [4.78, 5) is 16.3. The van der Waals surface area contributed by atoms with Gasteiger partial charge in [0.2, 0.25) is 5.91 Å². The molecule has 3 rings (SSSR count). The zero-order valence-electron chi connectivity index (χ0n) is 15.1. The van der Waals surface area contributed by atoms with Gasteiger partial charge in [-0.2, -0.15) is 31.4 Å². The van der Waals surface area contributed by atoms with E-state index in [1.165, 1.54) is 0 Å². The van der Waals surface area contributed by atoms with E-state index in [0.717, 1.165) is 36.9 Å². The Labute approximate surface area is 156 Å². The van der Waals surface area contributed by atoms with Crippen LogP contribution >= 0.6 is 0 Å². The number of carbonyl (C=O) groups excluding carboxylic acids is 1. The van der Waals surface area contributed by atoms with Gasteiger partial charge in [-0.05, 0) is 25.0 Å². The highest BCUT2D eigenvalue weighted by Crippen LogP contribution is 2.42. The summed E-state index contributed by atoms with van der Waals surface area (Å²) in [6.45, 7) is 1.81. The number of nitrogens with zero attached hydrogens (tertiary/aromatic N) is 3. The van der Waals surface area contributed by atoms with Crippen molar-refractivity contribution in [3.05, 3.63) is 23.5 Å². The monoisotopic (exact) mass is 408 g/mol. The fraction of sp³-hybridized carbons (Fsp3) is 0.588. The Kier molecular flexibility index (Phi) is 4.83. The number of imidazole rings is 1. The molecule has 0 atom stereocenters. The number of carbonyl (C=O) groups is 1. The molecule has 0 aliphatic heterocycles. The van der Waals surface area contributed by atoms with E-state index in [1.807, 2.05) is 0 Å². The Bertz CT molecular complexity index is 895. The molecule has 11 heteroatoms. The third-order valence-electron chi connectivity index (χ3n) is 4.92. The first-order chi connectivity index (χ1) is 12.8. The minimum Gasteiger partial charge on any atom is -0.309 e. The first-order valence-electron chi connectivity index (χ1n) is 8.63. The van der Waals surface area contributed by atoms with Crippen molar-refractivity contribution >= 4 is 17.4 Å². The molecule has 1 fully saturated rings. The summed E-state index contributed by atoms with van der Waals surface area (Å²) in [5, 5.41) is 5.93. The van der Waals surface area contributed by atoms with Crippen molar-refractivity contribution in [1.29, 1.82) is 0 Å². The fourth-order valence-corrected chi connectivity index (χ4v) is 2.92. The van der Waals surface area contributed by atoms with Crippen LogP contribution in [-0.2, 0) is 11.0 Å². The number of anilines is 1. The molecule has 0 spiro atoms. The first-order valence-corrected chi connectivity index (χ1v) is 8.63. The molecule has 5 nitrogen and oxygen atoms in total. The van der Waals surface area contributed by atoms with E-state index in [9.17, 15) is 31.1 Å². The number of rotatable bonds is 4. The van der Waals surface area contributed by atoms with Gasteiger partial charge in [0.05, 0.1) is 11.1 Å². The predicted octanol–water partition coefficient (Wildman–Crippen LogP) is 4.93. The molecule has 1 saturated carbocycles. The highest BCUT2D eigenvalue weighted by Gasteiger charge is 2.48. The van der Waals surface area contributed by atoms with E-state index >= 15 is 0 Å². The van der Waals surface area contributed by atoms with Gasteiger partial charge in [-0.15, -0.1) is 0 Å². The molecule has 0 radical (unpaired) electrons. The number of halogens is 6. The summed E-state index contributed by atoms with van der Waals surface area (Å²) < 4.78 is 79.0. The standard InChI is InChI=1S/C17H18F6N4O/c1-15(2,17(21,22)23)8-12(28)25-14-13(9-4-3-5-9)27-11(24-14)7-6-10(26-27)16(18,19)20/h6-7,9H,3-5,8H2,1-2H3,(H,25,28). The summed E-state index contributed by atoms with van der Waals surface area (Å²) in [7, 11) is 0. The minimum atomic E-state index is -4.66. The molecule has 1 aliphatic rings. The normalized spacial score (nSPS) is 16.3. The van der Waals surface area contributed by atoms with Gasteiger partial charge < -0.3 is 5.32 Å². The van der Waals surface area contributed by atoms with Gasteiger partial charge in [-0.1, -0.05) is 20.3 Å². The Morgan fingerprint density at radius 1 is 1.18 bits per heavy atom. The largest absolute Gasteiger partial charge is 0.435 e. The zero-order valence-corrected chi connectivity index (χ0v) is 15.1. The third kappa shape index (κ3) is 3.79. The van der Waals surface area contributed by atoms with Crippen molar-refractivity contribution in [3.63, 3.8) is 0 Å². The van der Waals surface area contributed by atoms with Crippen LogP contribution in [0.4, 0.5) is 32.2 Å². The Hall–Kier alpha value is -2.33. The lowest BCUT2D eigenvalue weighted by atomic mass is 9.82. The fourth-order valence-electron chi connectivity index (χ4n) is 2.92. The number of hydrogen-bond donors (Lipinski definition) is 1. The molecule has 0 bridgehead atoms. The van der Waals surface area contributed by atoms with Crippen LogP contribution in [0.1, 0.15) is 56.8 Å². The van der Waals surface area contributed by atoms with Gasteiger partial charge in [-0.25, -0.2) is 9.50 Å². The minimum absolute atomic E-state index is 0.0421. The number of fused-ring (bicyclic) bond motifs is 1. The summed E-state index contributed by atoms with van der Waals surface area (Å²) >= 11 is 0. The van der Waals surface area contributed by atoms with Crippen LogP contribution in [0.5, 0.6) is 0 Å². The quantitative estimate of drug-likeness (QED) is 0.730. The second-order valence-corrected chi connectivity index (χ2v) is 7.57. The third-order valence-corrected chi connectivity index (χ3v) is 4.92. The maximum absolute atomic E-state index is 13.0. The molecule has 0 unspecified atom stereocenters. The lowest BCUT2D eigenvalue weighted by molar-refractivity contribution is -0.213. The van der Waals surface area contributed by atoms with Crippen molar-refractivity contribution in [2.24, 2.45) is 5.41 Å². The molecule has 28 heavy (non-hydrogen) atoms. The molecule has 2 heterocycles. The van der Waals surface area contributed by atoms with Crippen LogP contribution < -0.4 is 5.32 Å². The predicted molar refractivity (Wildman–Crippen MR) is 87.7 cm³/mol. The number of alkyl halides is 6. The molecule has 1 N–H and O–H groups in total. The van der Waals surface area contributed by atoms with Crippen molar-refractivity contribution in [2.75, 3.05) is 5.32 Å². The highest BCUT2D eigenvalue weighted by atomic mass is 19.4. The van der Waals surface area contributed by atoms with E-state index in [2.05, 4.69) is 15.4 Å². The van der Waals surface area contributed by atoms with Crippen LogP contribution in [-0.4, -0.2) is 26.7 Å². The van der Waals surface area contributed by atoms with Crippen LogP contribution in [0.2, 0.25) is 0 Å². The smallest absolute Gasteiger partial charge is 0.309 e. The molecule has 1 amide bonds. The Balaban J connectivity index is 1.95. The molecular weight excluding hydrogens is 390 g/mol. The van der Waals surface area contributed by atoms with E-state index in [1.54, 1.807) is 0 Å². The maximum atomic E-state index is 13.0. The molecule has 0 aromatic carbocycles. The SMILES string of the molecule is CC(C)(CC(=O)Nc1nc2ccc(C(F)(F)F)nn2c1C1CCC1)C(F)(F)F. The molecular formula is C17H18F6N4O. The Morgan fingerprint density at radius 3 is 2.32 bits per heavy atom. The Morgan fingerprint density at radius 2 is 1.82 bits per heavy atom. The van der Waals surface area contributed by atoms with Crippen LogP contribution in [0.3, 0.4) is 0 Å². The summed E-state index contributed by atoms with van der Waals surface area (Å²) in [5.74, 6) is -1.13. The van der Waals surface area contributed by atoms with Gasteiger partial charge in [0.25, 0.3) is 0 Å². The van der Waals surface area contributed by atoms with E-state index in [0.29, 0.717) is 12.8 Å². The van der Waals surface area contributed by atoms with Crippen molar-refractivity contribution in [3.8, 4) is 0 Å². The number of amides is 1. The maximum Gasteiger partial charge on any atom is 0.435 e. The number of hydrogen-bond acceptors (Lipinski definition) is 3. The van der Waals surface area contributed by atoms with Gasteiger partial charge in [0, 0.05) is 12.3 Å². The number of nitrogens with one attached hydrogen (secondary N) is 1. The second kappa shape index (κ2) is 6.63.